The first-order valence-corrected chi connectivity index (χ1v) is 10.4. The molecule has 1 fully saturated rings. The second-order valence-electron chi connectivity index (χ2n) is 6.87. The summed E-state index contributed by atoms with van der Waals surface area (Å²) in [5, 5.41) is 4.67. The summed E-state index contributed by atoms with van der Waals surface area (Å²) in [4.78, 5) is 10.2. The molecule has 1 aromatic heterocycles. The van der Waals surface area contributed by atoms with E-state index in [2.05, 4.69) is 57.9 Å². The Morgan fingerprint density at radius 1 is 1.00 bits per heavy atom. The van der Waals surface area contributed by atoms with E-state index in [4.69, 9.17) is 5.73 Å². The van der Waals surface area contributed by atoms with Crippen LogP contribution in [0.15, 0.2) is 47.4 Å². The molecule has 1 aliphatic rings. The van der Waals surface area contributed by atoms with Crippen molar-refractivity contribution in [3.63, 3.8) is 0 Å². The van der Waals surface area contributed by atoms with Crippen molar-refractivity contribution in [1.29, 1.82) is 0 Å². The Hall–Kier alpha value is -2.27. The summed E-state index contributed by atoms with van der Waals surface area (Å²) in [6.45, 7) is 0. The highest BCUT2D eigenvalue weighted by Gasteiger charge is 2.16. The van der Waals surface area contributed by atoms with Crippen LogP contribution in [0, 0.1) is 0 Å². The van der Waals surface area contributed by atoms with Gasteiger partial charge >= 0.3 is 0 Å². The predicted octanol–water partition coefficient (Wildman–Crippen LogP) is 5.35. The van der Waals surface area contributed by atoms with Gasteiger partial charge in [-0.05, 0) is 54.5 Å². The smallest absolute Gasteiger partial charge is 0.222 e. The van der Waals surface area contributed by atoms with E-state index in [1.807, 2.05) is 6.07 Å². The fourth-order valence-electron chi connectivity index (χ4n) is 3.68. The third-order valence-electron chi connectivity index (χ3n) is 5.06. The van der Waals surface area contributed by atoms with Gasteiger partial charge in [0.05, 0.1) is 5.52 Å². The molecule has 4 rings (SSSR count). The number of nitrogens with one attached hydrogen (secondary N) is 1. The van der Waals surface area contributed by atoms with Gasteiger partial charge in [0.25, 0.3) is 0 Å². The van der Waals surface area contributed by atoms with Crippen LogP contribution in [0.25, 0.3) is 22.0 Å². The Morgan fingerprint density at radius 3 is 2.62 bits per heavy atom. The summed E-state index contributed by atoms with van der Waals surface area (Å²) in [5.41, 5.74) is 9.22. The van der Waals surface area contributed by atoms with Gasteiger partial charge in [-0.2, -0.15) is 4.98 Å². The molecule has 1 saturated carbocycles. The van der Waals surface area contributed by atoms with Gasteiger partial charge in [0.2, 0.25) is 5.95 Å². The number of thioether (sulfide) groups is 1. The Labute approximate surface area is 158 Å². The maximum atomic E-state index is 5.95. The number of anilines is 2. The van der Waals surface area contributed by atoms with Crippen molar-refractivity contribution in [3.8, 4) is 11.1 Å². The second-order valence-corrected chi connectivity index (χ2v) is 7.75. The highest BCUT2D eigenvalue weighted by Crippen LogP contribution is 2.31. The topological polar surface area (TPSA) is 63.8 Å². The van der Waals surface area contributed by atoms with Gasteiger partial charge < -0.3 is 11.1 Å². The quantitative estimate of drug-likeness (QED) is 0.611. The number of aromatic nitrogens is 2. The van der Waals surface area contributed by atoms with Crippen molar-refractivity contribution >= 4 is 34.4 Å². The van der Waals surface area contributed by atoms with E-state index in [0.29, 0.717) is 12.0 Å². The lowest BCUT2D eigenvalue weighted by Crippen LogP contribution is -2.23. The standard InChI is InChI=1S/C21H24N4S/c1-26-17-9-5-6-14(12-17)15-10-11-19-18(13-15)20(25-21(22)24-19)23-16-7-3-2-4-8-16/h5-6,9-13,16H,2-4,7-8H2,1H3,(H3,22,23,24,25). The number of nitrogen functional groups attached to an aromatic ring is 1. The zero-order chi connectivity index (χ0) is 17.9. The van der Waals surface area contributed by atoms with Crippen molar-refractivity contribution < 1.29 is 0 Å². The van der Waals surface area contributed by atoms with Crippen molar-refractivity contribution in [2.24, 2.45) is 0 Å². The SMILES string of the molecule is CSc1cccc(-c2ccc3nc(N)nc(NC4CCCCC4)c3c2)c1. The maximum absolute atomic E-state index is 5.95. The molecule has 1 aliphatic carbocycles. The molecular formula is C21H24N4S. The molecule has 0 amide bonds. The molecule has 4 nitrogen and oxygen atoms in total. The van der Waals surface area contributed by atoms with Crippen LogP contribution in [0.1, 0.15) is 32.1 Å². The van der Waals surface area contributed by atoms with Gasteiger partial charge in [0.1, 0.15) is 5.82 Å². The van der Waals surface area contributed by atoms with E-state index in [9.17, 15) is 0 Å². The maximum Gasteiger partial charge on any atom is 0.222 e. The lowest BCUT2D eigenvalue weighted by molar-refractivity contribution is 0.462. The van der Waals surface area contributed by atoms with E-state index in [1.54, 1.807) is 11.8 Å². The number of rotatable bonds is 4. The van der Waals surface area contributed by atoms with Crippen LogP contribution in [0.4, 0.5) is 11.8 Å². The van der Waals surface area contributed by atoms with E-state index in [1.165, 1.54) is 48.1 Å². The third kappa shape index (κ3) is 3.63. The third-order valence-corrected chi connectivity index (χ3v) is 5.79. The highest BCUT2D eigenvalue weighted by molar-refractivity contribution is 7.98. The molecule has 5 heteroatoms. The molecule has 3 aromatic rings. The molecular weight excluding hydrogens is 340 g/mol. The monoisotopic (exact) mass is 364 g/mol. The molecule has 0 spiro atoms. The number of nitrogens with two attached hydrogens (primary N) is 1. The van der Waals surface area contributed by atoms with E-state index < -0.39 is 0 Å². The molecule has 0 bridgehead atoms. The number of benzene rings is 2. The summed E-state index contributed by atoms with van der Waals surface area (Å²) in [6, 6.07) is 15.4. The normalized spacial score (nSPS) is 15.3. The van der Waals surface area contributed by atoms with Crippen LogP contribution >= 0.6 is 11.8 Å². The average molecular weight is 365 g/mol. The summed E-state index contributed by atoms with van der Waals surface area (Å²) in [5.74, 6) is 1.19. The molecule has 0 unspecified atom stereocenters. The molecule has 2 aromatic carbocycles. The predicted molar refractivity (Wildman–Crippen MR) is 112 cm³/mol. The minimum Gasteiger partial charge on any atom is -0.368 e. The van der Waals surface area contributed by atoms with Gasteiger partial charge in [0, 0.05) is 16.3 Å². The zero-order valence-corrected chi connectivity index (χ0v) is 15.9. The van der Waals surface area contributed by atoms with Gasteiger partial charge in [-0.15, -0.1) is 11.8 Å². The van der Waals surface area contributed by atoms with Crippen LogP contribution in [0.5, 0.6) is 0 Å². The van der Waals surface area contributed by atoms with Crippen LogP contribution < -0.4 is 11.1 Å². The largest absolute Gasteiger partial charge is 0.368 e. The number of nitrogens with zero attached hydrogens (tertiary/aromatic N) is 2. The molecule has 0 radical (unpaired) electrons. The lowest BCUT2D eigenvalue weighted by atomic mass is 9.95. The molecule has 134 valence electrons. The fraction of sp³-hybridized carbons (Fsp3) is 0.333. The summed E-state index contributed by atoms with van der Waals surface area (Å²) in [7, 11) is 0. The molecule has 0 aliphatic heterocycles. The van der Waals surface area contributed by atoms with Crippen molar-refractivity contribution in [3.05, 3.63) is 42.5 Å². The molecule has 0 atom stereocenters. The molecule has 3 N–H and O–H groups in total. The first-order valence-electron chi connectivity index (χ1n) is 9.21. The second kappa shape index (κ2) is 7.54. The molecule has 1 heterocycles. The van der Waals surface area contributed by atoms with Gasteiger partial charge in [-0.1, -0.05) is 37.5 Å². The van der Waals surface area contributed by atoms with Crippen LogP contribution in [0.2, 0.25) is 0 Å². The van der Waals surface area contributed by atoms with E-state index in [-0.39, 0.29) is 0 Å². The van der Waals surface area contributed by atoms with Crippen LogP contribution in [-0.4, -0.2) is 22.3 Å². The number of hydrogen-bond donors (Lipinski definition) is 2. The van der Waals surface area contributed by atoms with E-state index >= 15 is 0 Å². The summed E-state index contributed by atoms with van der Waals surface area (Å²) >= 11 is 1.76. The fourth-order valence-corrected chi connectivity index (χ4v) is 4.14. The first-order chi connectivity index (χ1) is 12.7. The number of hydrogen-bond acceptors (Lipinski definition) is 5. The van der Waals surface area contributed by atoms with Crippen molar-refractivity contribution in [2.45, 2.75) is 43.0 Å². The minimum absolute atomic E-state index is 0.327. The Balaban J connectivity index is 1.75. The van der Waals surface area contributed by atoms with Gasteiger partial charge in [-0.25, -0.2) is 4.98 Å². The highest BCUT2D eigenvalue weighted by atomic mass is 32.2. The molecule has 26 heavy (non-hydrogen) atoms. The zero-order valence-electron chi connectivity index (χ0n) is 15.0. The minimum atomic E-state index is 0.327. The summed E-state index contributed by atoms with van der Waals surface area (Å²) < 4.78 is 0. The summed E-state index contributed by atoms with van der Waals surface area (Å²) in [6.07, 6.45) is 8.39. The lowest BCUT2D eigenvalue weighted by Gasteiger charge is -2.24. The Morgan fingerprint density at radius 2 is 1.81 bits per heavy atom. The molecule has 0 saturated heterocycles. The van der Waals surface area contributed by atoms with Gasteiger partial charge in [-0.3, -0.25) is 0 Å². The Kier molecular flexibility index (Phi) is 4.98. The van der Waals surface area contributed by atoms with Crippen LogP contribution in [0.3, 0.4) is 0 Å². The number of fused-ring (bicyclic) bond motifs is 1. The van der Waals surface area contributed by atoms with Crippen molar-refractivity contribution in [2.75, 3.05) is 17.3 Å². The van der Waals surface area contributed by atoms with Gasteiger partial charge in [0.15, 0.2) is 0 Å². The van der Waals surface area contributed by atoms with Crippen LogP contribution in [-0.2, 0) is 0 Å². The first kappa shape index (κ1) is 17.2. The van der Waals surface area contributed by atoms with Crippen molar-refractivity contribution in [1.82, 2.24) is 9.97 Å². The van der Waals surface area contributed by atoms with E-state index in [0.717, 1.165) is 16.7 Å². The average Bonchev–Trinajstić information content (AvgIpc) is 2.68. The Bertz CT molecular complexity index is 919.